The van der Waals surface area contributed by atoms with Gasteiger partial charge in [0.05, 0.1) is 6.10 Å². The smallest absolute Gasteiger partial charge is 0.293 e. The van der Waals surface area contributed by atoms with Crippen LogP contribution >= 0.6 is 0 Å². The van der Waals surface area contributed by atoms with Gasteiger partial charge in [-0.2, -0.15) is 0 Å². The second kappa shape index (κ2) is 4.96. The number of hydrogen-bond donors (Lipinski definition) is 1. The lowest BCUT2D eigenvalue weighted by molar-refractivity contribution is 0.0464. The van der Waals surface area contributed by atoms with Gasteiger partial charge < -0.3 is 14.6 Å². The van der Waals surface area contributed by atoms with E-state index in [1.807, 2.05) is 32.7 Å². The Hall–Kier alpha value is -1.36. The van der Waals surface area contributed by atoms with E-state index in [4.69, 9.17) is 0 Å². The fourth-order valence-corrected chi connectivity index (χ4v) is 2.51. The number of aliphatic hydroxyl groups is 1. The fraction of sp³-hybridized carbons (Fsp3) is 0.714. The first kappa shape index (κ1) is 14.1. The Labute approximate surface area is 113 Å². The standard InChI is InChI=1S/C14H23N3O2/c1-14(2,3)17-6-5-15-12(13(17)19)16(4)9-10-7-11(18)8-10/h5-6,10-11,18H,7-9H2,1-4H3. The van der Waals surface area contributed by atoms with E-state index < -0.39 is 0 Å². The molecule has 1 aliphatic carbocycles. The highest BCUT2D eigenvalue weighted by atomic mass is 16.3. The van der Waals surface area contributed by atoms with Gasteiger partial charge in [0.15, 0.2) is 5.82 Å². The fourth-order valence-electron chi connectivity index (χ4n) is 2.51. The van der Waals surface area contributed by atoms with Crippen LogP contribution in [0.4, 0.5) is 5.82 Å². The van der Waals surface area contributed by atoms with Crippen molar-refractivity contribution in [1.29, 1.82) is 0 Å². The molecule has 1 saturated carbocycles. The highest BCUT2D eigenvalue weighted by Crippen LogP contribution is 2.28. The van der Waals surface area contributed by atoms with Gasteiger partial charge in [0.25, 0.3) is 5.56 Å². The van der Waals surface area contributed by atoms with Gasteiger partial charge in [-0.25, -0.2) is 4.98 Å². The van der Waals surface area contributed by atoms with E-state index in [0.717, 1.165) is 19.4 Å². The lowest BCUT2D eigenvalue weighted by Crippen LogP contribution is -2.41. The van der Waals surface area contributed by atoms with Gasteiger partial charge in [0, 0.05) is 31.5 Å². The molecule has 1 heterocycles. The van der Waals surface area contributed by atoms with Gasteiger partial charge >= 0.3 is 0 Å². The van der Waals surface area contributed by atoms with Crippen LogP contribution in [0.2, 0.25) is 0 Å². The summed E-state index contributed by atoms with van der Waals surface area (Å²) in [6.45, 7) is 6.77. The third-order valence-corrected chi connectivity index (χ3v) is 3.65. The second-order valence-electron chi connectivity index (χ2n) is 6.47. The molecule has 5 heteroatoms. The average molecular weight is 265 g/mol. The van der Waals surface area contributed by atoms with Crippen molar-refractivity contribution < 1.29 is 5.11 Å². The molecule has 0 spiro atoms. The summed E-state index contributed by atoms with van der Waals surface area (Å²) in [6, 6.07) is 0. The SMILES string of the molecule is CN(CC1CC(O)C1)c1nccn(C(C)(C)C)c1=O. The van der Waals surface area contributed by atoms with E-state index in [1.54, 1.807) is 17.0 Å². The molecule has 1 aromatic rings. The molecule has 1 aliphatic rings. The first-order chi connectivity index (χ1) is 8.79. The van der Waals surface area contributed by atoms with Crippen molar-refractivity contribution in [2.75, 3.05) is 18.5 Å². The number of nitrogens with zero attached hydrogens (tertiary/aromatic N) is 3. The van der Waals surface area contributed by atoms with Crippen molar-refractivity contribution in [2.45, 2.75) is 45.3 Å². The molecule has 0 bridgehead atoms. The quantitative estimate of drug-likeness (QED) is 0.892. The second-order valence-corrected chi connectivity index (χ2v) is 6.47. The summed E-state index contributed by atoms with van der Waals surface area (Å²) in [5.74, 6) is 0.948. The molecule has 19 heavy (non-hydrogen) atoms. The summed E-state index contributed by atoms with van der Waals surface area (Å²) in [5, 5.41) is 9.31. The van der Waals surface area contributed by atoms with Crippen LogP contribution in [0.3, 0.4) is 0 Å². The molecule has 0 amide bonds. The minimum absolute atomic E-state index is 0.0580. The maximum Gasteiger partial charge on any atom is 0.293 e. The summed E-state index contributed by atoms with van der Waals surface area (Å²) in [4.78, 5) is 18.5. The van der Waals surface area contributed by atoms with Crippen LogP contribution in [0.25, 0.3) is 0 Å². The van der Waals surface area contributed by atoms with E-state index in [-0.39, 0.29) is 17.2 Å². The van der Waals surface area contributed by atoms with E-state index in [1.165, 1.54) is 0 Å². The highest BCUT2D eigenvalue weighted by Gasteiger charge is 2.29. The van der Waals surface area contributed by atoms with Crippen LogP contribution in [-0.2, 0) is 5.54 Å². The van der Waals surface area contributed by atoms with Crippen molar-refractivity contribution in [3.63, 3.8) is 0 Å². The number of aliphatic hydroxyl groups excluding tert-OH is 1. The number of aromatic nitrogens is 2. The minimum Gasteiger partial charge on any atom is -0.393 e. The molecule has 1 N–H and O–H groups in total. The summed E-state index contributed by atoms with van der Waals surface area (Å²) in [5.41, 5.74) is -0.306. The van der Waals surface area contributed by atoms with Crippen LogP contribution in [0.1, 0.15) is 33.6 Å². The van der Waals surface area contributed by atoms with Gasteiger partial charge in [0.2, 0.25) is 0 Å². The Morgan fingerprint density at radius 3 is 2.63 bits per heavy atom. The van der Waals surface area contributed by atoms with Crippen LogP contribution in [0.15, 0.2) is 17.2 Å². The number of hydrogen-bond acceptors (Lipinski definition) is 4. The van der Waals surface area contributed by atoms with Crippen molar-refractivity contribution in [1.82, 2.24) is 9.55 Å². The summed E-state index contributed by atoms with van der Waals surface area (Å²) in [7, 11) is 1.89. The Morgan fingerprint density at radius 2 is 2.11 bits per heavy atom. The topological polar surface area (TPSA) is 58.4 Å². The van der Waals surface area contributed by atoms with Crippen molar-refractivity contribution >= 4 is 5.82 Å². The largest absolute Gasteiger partial charge is 0.393 e. The van der Waals surface area contributed by atoms with Gasteiger partial charge in [0.1, 0.15) is 0 Å². The molecule has 0 atom stereocenters. The molecule has 106 valence electrons. The molecule has 0 aliphatic heterocycles. The molecule has 1 aromatic heterocycles. The number of anilines is 1. The van der Waals surface area contributed by atoms with E-state index in [9.17, 15) is 9.90 Å². The zero-order chi connectivity index (χ0) is 14.2. The molecular formula is C14H23N3O2. The first-order valence-corrected chi connectivity index (χ1v) is 6.76. The maximum absolute atomic E-state index is 12.4. The summed E-state index contributed by atoms with van der Waals surface area (Å²) in [6.07, 6.45) is 4.89. The average Bonchev–Trinajstić information content (AvgIpc) is 2.25. The minimum atomic E-state index is -0.248. The van der Waals surface area contributed by atoms with Gasteiger partial charge in [-0.05, 0) is 39.5 Å². The molecule has 0 unspecified atom stereocenters. The van der Waals surface area contributed by atoms with E-state index in [0.29, 0.717) is 11.7 Å². The third-order valence-electron chi connectivity index (χ3n) is 3.65. The zero-order valence-corrected chi connectivity index (χ0v) is 12.1. The van der Waals surface area contributed by atoms with Crippen LogP contribution in [-0.4, -0.2) is 34.4 Å². The van der Waals surface area contributed by atoms with Crippen molar-refractivity contribution in [2.24, 2.45) is 5.92 Å². The van der Waals surface area contributed by atoms with Gasteiger partial charge in [-0.15, -0.1) is 0 Å². The molecule has 0 radical (unpaired) electrons. The molecule has 5 nitrogen and oxygen atoms in total. The number of rotatable bonds is 3. The van der Waals surface area contributed by atoms with Crippen molar-refractivity contribution in [3.05, 3.63) is 22.7 Å². The van der Waals surface area contributed by atoms with Gasteiger partial charge in [-0.3, -0.25) is 4.79 Å². The Balaban J connectivity index is 2.18. The summed E-state index contributed by atoms with van der Waals surface area (Å²) < 4.78 is 1.71. The van der Waals surface area contributed by atoms with Crippen molar-refractivity contribution in [3.8, 4) is 0 Å². The molecule has 0 aromatic carbocycles. The van der Waals surface area contributed by atoms with E-state index >= 15 is 0 Å². The molecular weight excluding hydrogens is 242 g/mol. The Bertz CT molecular complexity index is 498. The lowest BCUT2D eigenvalue weighted by Gasteiger charge is -2.34. The lowest BCUT2D eigenvalue weighted by atomic mass is 9.82. The summed E-state index contributed by atoms with van der Waals surface area (Å²) >= 11 is 0. The normalized spacial score (nSPS) is 23.0. The molecule has 0 saturated heterocycles. The van der Waals surface area contributed by atoms with Crippen LogP contribution < -0.4 is 10.5 Å². The Morgan fingerprint density at radius 1 is 1.47 bits per heavy atom. The highest BCUT2D eigenvalue weighted by molar-refractivity contribution is 5.34. The monoisotopic (exact) mass is 265 g/mol. The van der Waals surface area contributed by atoms with E-state index in [2.05, 4.69) is 4.98 Å². The molecule has 1 fully saturated rings. The first-order valence-electron chi connectivity index (χ1n) is 6.76. The molecule has 2 rings (SSSR count). The van der Waals surface area contributed by atoms with Crippen LogP contribution in [0, 0.1) is 5.92 Å². The van der Waals surface area contributed by atoms with Crippen LogP contribution in [0.5, 0.6) is 0 Å². The predicted octanol–water partition coefficient (Wildman–Crippen LogP) is 1.21. The predicted molar refractivity (Wildman–Crippen MR) is 75.5 cm³/mol. The zero-order valence-electron chi connectivity index (χ0n) is 12.1. The van der Waals surface area contributed by atoms with Gasteiger partial charge in [-0.1, -0.05) is 0 Å². The third kappa shape index (κ3) is 2.97. The maximum atomic E-state index is 12.4. The Kier molecular flexibility index (Phi) is 3.67.